The number of thiazole rings is 1. The number of carbonyl (C=O) groups is 1. The van der Waals surface area contributed by atoms with Gasteiger partial charge in [-0.15, -0.1) is 0 Å². The van der Waals surface area contributed by atoms with Crippen LogP contribution in [0.4, 0.5) is 4.39 Å². The summed E-state index contributed by atoms with van der Waals surface area (Å²) < 4.78 is 17.5. The van der Waals surface area contributed by atoms with Crippen LogP contribution in [0.5, 0.6) is 0 Å². The highest BCUT2D eigenvalue weighted by Crippen LogP contribution is 2.34. The molecule has 1 saturated carbocycles. The van der Waals surface area contributed by atoms with E-state index in [1.54, 1.807) is 6.20 Å². The van der Waals surface area contributed by atoms with E-state index in [2.05, 4.69) is 38.8 Å². The number of nitrogens with one attached hydrogen (secondary N) is 1. The Labute approximate surface area is 210 Å². The maximum Gasteiger partial charge on any atom is 0.280 e. The molecule has 0 saturated heterocycles. The van der Waals surface area contributed by atoms with E-state index in [-0.39, 0.29) is 18.0 Å². The van der Waals surface area contributed by atoms with Crippen LogP contribution >= 0.6 is 22.9 Å². The first-order chi connectivity index (χ1) is 16.8. The van der Waals surface area contributed by atoms with Gasteiger partial charge in [0.05, 0.1) is 36.4 Å². The zero-order valence-electron chi connectivity index (χ0n) is 19.2. The molecule has 1 amide bonds. The van der Waals surface area contributed by atoms with Crippen LogP contribution in [0.2, 0.25) is 4.34 Å². The maximum atomic E-state index is 13.6. The van der Waals surface area contributed by atoms with Crippen LogP contribution in [0.1, 0.15) is 54.8 Å². The van der Waals surface area contributed by atoms with Crippen LogP contribution in [0.15, 0.2) is 30.9 Å². The summed E-state index contributed by atoms with van der Waals surface area (Å²) in [5.74, 6) is 0.968. The van der Waals surface area contributed by atoms with Crippen molar-refractivity contribution in [1.29, 1.82) is 0 Å². The van der Waals surface area contributed by atoms with Gasteiger partial charge in [-0.25, -0.2) is 24.0 Å². The third kappa shape index (κ3) is 5.07. The Morgan fingerprint density at radius 1 is 1.29 bits per heavy atom. The molecule has 0 radical (unpaired) electrons. The SMILES string of the molecule is CC(C)Cc1nc2cnc(-n3cc(F)cn3)cc2n1[C@@H]1CC(NC(=O)c2ncc(Cl)s2)C[C@@H](O)C1. The van der Waals surface area contributed by atoms with Gasteiger partial charge in [0.1, 0.15) is 15.7 Å². The number of fused-ring (bicyclic) bond motifs is 1. The fraction of sp³-hybridized carbons (Fsp3) is 0.435. The molecule has 1 aliphatic rings. The van der Waals surface area contributed by atoms with Crippen LogP contribution in [0.25, 0.3) is 16.9 Å². The number of carbonyl (C=O) groups excluding carboxylic acids is 1. The largest absolute Gasteiger partial charge is 0.393 e. The highest BCUT2D eigenvalue weighted by Gasteiger charge is 2.33. The van der Waals surface area contributed by atoms with Crippen LogP contribution in [-0.4, -0.2) is 52.5 Å². The van der Waals surface area contributed by atoms with Gasteiger partial charge >= 0.3 is 0 Å². The van der Waals surface area contributed by atoms with Crippen molar-refractivity contribution < 1.29 is 14.3 Å². The quantitative estimate of drug-likeness (QED) is 0.400. The van der Waals surface area contributed by atoms with Gasteiger partial charge in [-0.1, -0.05) is 36.8 Å². The van der Waals surface area contributed by atoms with Gasteiger partial charge in [-0.2, -0.15) is 5.10 Å². The van der Waals surface area contributed by atoms with Gasteiger partial charge in [-0.05, 0) is 25.2 Å². The molecule has 3 atom stereocenters. The van der Waals surface area contributed by atoms with Crippen LogP contribution in [0, 0.1) is 11.7 Å². The monoisotopic (exact) mass is 517 g/mol. The van der Waals surface area contributed by atoms with Gasteiger partial charge in [0.25, 0.3) is 5.91 Å². The second kappa shape index (κ2) is 9.63. The fourth-order valence-corrected chi connectivity index (χ4v) is 5.52. The van der Waals surface area contributed by atoms with E-state index in [1.807, 2.05) is 6.07 Å². The molecule has 9 nitrogen and oxygen atoms in total. The number of aliphatic hydroxyl groups is 1. The van der Waals surface area contributed by atoms with Crippen LogP contribution in [0.3, 0.4) is 0 Å². The molecule has 0 aromatic carbocycles. The average Bonchev–Trinajstić information content (AvgIpc) is 3.50. The Morgan fingerprint density at radius 2 is 2.11 bits per heavy atom. The smallest absolute Gasteiger partial charge is 0.280 e. The van der Waals surface area contributed by atoms with Crippen molar-refractivity contribution in [2.45, 2.75) is 57.7 Å². The van der Waals surface area contributed by atoms with E-state index in [1.165, 1.54) is 17.1 Å². The Morgan fingerprint density at radius 3 is 2.80 bits per heavy atom. The number of hydrogen-bond donors (Lipinski definition) is 2. The fourth-order valence-electron chi connectivity index (χ4n) is 4.70. The molecule has 0 aliphatic heterocycles. The lowest BCUT2D eigenvalue weighted by Crippen LogP contribution is -2.43. The summed E-state index contributed by atoms with van der Waals surface area (Å²) in [5, 5.41) is 18.1. The minimum absolute atomic E-state index is 0.104. The number of halogens is 2. The van der Waals surface area contributed by atoms with Crippen molar-refractivity contribution in [3.8, 4) is 5.82 Å². The van der Waals surface area contributed by atoms with Crippen molar-refractivity contribution in [1.82, 2.24) is 34.6 Å². The molecule has 184 valence electrons. The third-order valence-electron chi connectivity index (χ3n) is 6.04. The van der Waals surface area contributed by atoms with Crippen molar-refractivity contribution in [3.63, 3.8) is 0 Å². The van der Waals surface area contributed by atoms with E-state index in [0.29, 0.717) is 40.3 Å². The van der Waals surface area contributed by atoms with Crippen molar-refractivity contribution >= 4 is 39.9 Å². The summed E-state index contributed by atoms with van der Waals surface area (Å²) in [5.41, 5.74) is 1.55. The number of pyridine rings is 1. The number of hydrogen-bond acceptors (Lipinski definition) is 7. The number of nitrogens with zero attached hydrogens (tertiary/aromatic N) is 6. The van der Waals surface area contributed by atoms with Crippen molar-refractivity contribution in [2.24, 2.45) is 5.92 Å². The van der Waals surface area contributed by atoms with E-state index >= 15 is 0 Å². The van der Waals surface area contributed by atoms with Crippen LogP contribution in [-0.2, 0) is 6.42 Å². The molecule has 0 bridgehead atoms. The number of imidazole rings is 1. The highest BCUT2D eigenvalue weighted by molar-refractivity contribution is 7.17. The first-order valence-electron chi connectivity index (χ1n) is 11.4. The second-order valence-corrected chi connectivity index (χ2v) is 10.9. The molecule has 0 spiro atoms. The van der Waals surface area contributed by atoms with E-state index < -0.39 is 11.9 Å². The lowest BCUT2D eigenvalue weighted by molar-refractivity contribution is 0.0740. The number of amides is 1. The van der Waals surface area contributed by atoms with E-state index in [4.69, 9.17) is 16.6 Å². The van der Waals surface area contributed by atoms with Gasteiger partial charge in [0, 0.05) is 24.6 Å². The predicted octanol–water partition coefficient (Wildman–Crippen LogP) is 3.95. The summed E-state index contributed by atoms with van der Waals surface area (Å²) in [6, 6.07) is 1.49. The van der Waals surface area contributed by atoms with Gasteiger partial charge in [0.2, 0.25) is 0 Å². The van der Waals surface area contributed by atoms with E-state index in [9.17, 15) is 14.3 Å². The molecule has 5 rings (SSSR count). The first kappa shape index (κ1) is 23.8. The van der Waals surface area contributed by atoms with Gasteiger partial charge in [0.15, 0.2) is 16.6 Å². The summed E-state index contributed by atoms with van der Waals surface area (Å²) in [6.45, 7) is 4.25. The lowest BCUT2D eigenvalue weighted by Gasteiger charge is -2.34. The molecule has 35 heavy (non-hydrogen) atoms. The molecule has 1 fully saturated rings. The molecule has 4 aromatic rings. The topological polar surface area (TPSA) is 111 Å². The lowest BCUT2D eigenvalue weighted by atomic mass is 9.88. The Kier molecular flexibility index (Phi) is 6.56. The molecule has 1 unspecified atom stereocenters. The highest BCUT2D eigenvalue weighted by atomic mass is 35.5. The Hall–Kier alpha value is -2.89. The standard InChI is InChI=1S/C23H25ClFN7O2S/c1-12(2)3-21-30-17-9-26-20(31-11-13(25)8-28-31)7-18(17)32(21)15-4-14(5-16(33)6-15)29-22(34)23-27-10-19(24)35-23/h7-12,14-16,33H,3-6H2,1-2H3,(H,29,34)/t14?,15-,16-/m1/s1. The minimum atomic E-state index is -0.593. The summed E-state index contributed by atoms with van der Waals surface area (Å²) in [6.07, 6.45) is 7.26. The molecule has 4 heterocycles. The summed E-state index contributed by atoms with van der Waals surface area (Å²) >= 11 is 7.05. The summed E-state index contributed by atoms with van der Waals surface area (Å²) in [4.78, 5) is 26.0. The van der Waals surface area contributed by atoms with Crippen molar-refractivity contribution in [2.75, 3.05) is 0 Å². The second-order valence-electron chi connectivity index (χ2n) is 9.29. The first-order valence-corrected chi connectivity index (χ1v) is 12.6. The molecule has 4 aromatic heterocycles. The number of aromatic nitrogens is 6. The molecular formula is C23H25ClFN7O2S. The minimum Gasteiger partial charge on any atom is -0.393 e. The molecule has 2 N–H and O–H groups in total. The summed E-state index contributed by atoms with van der Waals surface area (Å²) in [7, 11) is 0. The molecule has 12 heteroatoms. The Balaban J connectivity index is 1.49. The maximum absolute atomic E-state index is 13.6. The predicted molar refractivity (Wildman–Crippen MR) is 130 cm³/mol. The van der Waals surface area contributed by atoms with Gasteiger partial charge < -0.3 is 15.0 Å². The molecular weight excluding hydrogens is 493 g/mol. The van der Waals surface area contributed by atoms with Crippen LogP contribution < -0.4 is 5.32 Å². The number of rotatable bonds is 6. The van der Waals surface area contributed by atoms with Crippen molar-refractivity contribution in [3.05, 3.63) is 51.8 Å². The van der Waals surface area contributed by atoms with E-state index in [0.717, 1.165) is 40.8 Å². The zero-order valence-corrected chi connectivity index (χ0v) is 20.8. The van der Waals surface area contributed by atoms with Gasteiger partial charge in [-0.3, -0.25) is 4.79 Å². The number of aliphatic hydroxyl groups excluding tert-OH is 1. The normalized spacial score (nSPS) is 20.6. The Bertz CT molecular complexity index is 1370. The average molecular weight is 518 g/mol. The zero-order chi connectivity index (χ0) is 24.7. The third-order valence-corrected chi connectivity index (χ3v) is 7.15. The molecule has 1 aliphatic carbocycles.